The van der Waals surface area contributed by atoms with Gasteiger partial charge in [0.1, 0.15) is 5.82 Å². The Morgan fingerprint density at radius 1 is 1.20 bits per heavy atom. The highest BCUT2D eigenvalue weighted by Gasteiger charge is 2.25. The number of nitrogens with one attached hydrogen (secondary N) is 1. The van der Waals surface area contributed by atoms with E-state index in [1.165, 1.54) is 5.56 Å². The highest BCUT2D eigenvalue weighted by atomic mass is 16.5. The van der Waals surface area contributed by atoms with Crippen LogP contribution in [0.15, 0.2) is 55.0 Å². The molecule has 1 atom stereocenters. The van der Waals surface area contributed by atoms with Gasteiger partial charge in [0.15, 0.2) is 6.10 Å². The Morgan fingerprint density at radius 2 is 1.97 bits per heavy atom. The van der Waals surface area contributed by atoms with E-state index in [9.17, 15) is 4.79 Å². The van der Waals surface area contributed by atoms with Gasteiger partial charge in [0, 0.05) is 51.6 Å². The molecule has 30 heavy (non-hydrogen) atoms. The number of anilines is 1. The summed E-state index contributed by atoms with van der Waals surface area (Å²) in [5.41, 5.74) is 2.06. The summed E-state index contributed by atoms with van der Waals surface area (Å²) in [5, 5.41) is 11.7. The van der Waals surface area contributed by atoms with E-state index >= 15 is 0 Å². The summed E-state index contributed by atoms with van der Waals surface area (Å²) < 4.78 is 9.23. The lowest BCUT2D eigenvalue weighted by atomic mass is 10.0. The van der Waals surface area contributed by atoms with Gasteiger partial charge < -0.3 is 10.1 Å². The van der Waals surface area contributed by atoms with Gasteiger partial charge >= 0.3 is 0 Å². The second-order valence-electron chi connectivity index (χ2n) is 7.71. The van der Waals surface area contributed by atoms with E-state index in [2.05, 4.69) is 26.6 Å². The van der Waals surface area contributed by atoms with E-state index in [-0.39, 0.29) is 11.9 Å². The monoisotopic (exact) mass is 408 g/mol. The molecule has 0 saturated carbocycles. The molecule has 0 bridgehead atoms. The van der Waals surface area contributed by atoms with E-state index in [4.69, 9.17) is 4.74 Å². The van der Waals surface area contributed by atoms with Crippen molar-refractivity contribution in [1.29, 1.82) is 0 Å². The van der Waals surface area contributed by atoms with Crippen molar-refractivity contribution in [2.24, 2.45) is 7.05 Å². The molecule has 1 amide bonds. The van der Waals surface area contributed by atoms with Gasteiger partial charge in [-0.25, -0.2) is 4.68 Å². The minimum absolute atomic E-state index is 0.195. The Morgan fingerprint density at radius 3 is 2.63 bits per heavy atom. The fraction of sp³-hybridized carbons (Fsp3) is 0.409. The molecule has 1 aliphatic rings. The highest BCUT2D eigenvalue weighted by Crippen LogP contribution is 2.27. The number of methoxy groups -OCH3 is 1. The molecule has 158 valence electrons. The van der Waals surface area contributed by atoms with Gasteiger partial charge in [-0.15, -0.1) is 0 Å². The molecule has 4 rings (SSSR count). The minimum Gasteiger partial charge on any atom is -0.367 e. The fourth-order valence-electron chi connectivity index (χ4n) is 4.05. The Kier molecular flexibility index (Phi) is 6.25. The van der Waals surface area contributed by atoms with Crippen LogP contribution in [0.5, 0.6) is 0 Å². The summed E-state index contributed by atoms with van der Waals surface area (Å²) in [5.74, 6) is 0.517. The molecule has 0 radical (unpaired) electrons. The normalized spacial score (nSPS) is 16.5. The number of ether oxygens (including phenoxy) is 1. The second-order valence-corrected chi connectivity index (χ2v) is 7.71. The van der Waals surface area contributed by atoms with Crippen LogP contribution in [0.25, 0.3) is 0 Å². The van der Waals surface area contributed by atoms with E-state index in [1.54, 1.807) is 13.3 Å². The average molecular weight is 409 g/mol. The number of carbonyl (C=O) groups excluding carboxylic acids is 1. The van der Waals surface area contributed by atoms with E-state index < -0.39 is 6.10 Å². The van der Waals surface area contributed by atoms with Crippen LogP contribution in [0.4, 0.5) is 5.82 Å². The molecular formula is C22H28N6O2. The minimum atomic E-state index is -0.657. The Hall–Kier alpha value is -2.97. The van der Waals surface area contributed by atoms with Crippen LogP contribution in [0.1, 0.15) is 36.1 Å². The Bertz CT molecular complexity index is 959. The van der Waals surface area contributed by atoms with Crippen molar-refractivity contribution in [1.82, 2.24) is 24.5 Å². The van der Waals surface area contributed by atoms with Gasteiger partial charge in [0.05, 0.1) is 18.4 Å². The topological polar surface area (TPSA) is 77.2 Å². The molecule has 1 saturated heterocycles. The van der Waals surface area contributed by atoms with Crippen molar-refractivity contribution in [2.75, 3.05) is 25.5 Å². The van der Waals surface area contributed by atoms with Gasteiger partial charge in [-0.05, 0) is 18.4 Å². The zero-order chi connectivity index (χ0) is 20.9. The third-order valence-corrected chi connectivity index (χ3v) is 5.57. The smallest absolute Gasteiger partial charge is 0.259 e. The Labute approximate surface area is 176 Å². The molecular weight excluding hydrogens is 380 g/mol. The van der Waals surface area contributed by atoms with Gasteiger partial charge in [-0.3, -0.25) is 14.4 Å². The number of hydrogen-bond donors (Lipinski definition) is 1. The van der Waals surface area contributed by atoms with Crippen molar-refractivity contribution in [3.8, 4) is 0 Å². The number of piperidine rings is 1. The average Bonchev–Trinajstić information content (AvgIpc) is 3.39. The molecule has 3 heterocycles. The first-order valence-corrected chi connectivity index (χ1v) is 10.3. The van der Waals surface area contributed by atoms with Crippen LogP contribution < -0.4 is 5.32 Å². The van der Waals surface area contributed by atoms with Crippen molar-refractivity contribution in [2.45, 2.75) is 31.5 Å². The summed E-state index contributed by atoms with van der Waals surface area (Å²) in [6, 6.07) is 11.6. The van der Waals surface area contributed by atoms with Crippen LogP contribution in [0.2, 0.25) is 0 Å². The summed E-state index contributed by atoms with van der Waals surface area (Å²) in [6.07, 6.45) is 7.03. The third kappa shape index (κ3) is 4.60. The number of rotatable bonds is 7. The van der Waals surface area contributed by atoms with Crippen LogP contribution in [-0.4, -0.2) is 50.6 Å². The lowest BCUT2D eigenvalue weighted by molar-refractivity contribution is -0.126. The van der Waals surface area contributed by atoms with Crippen LogP contribution in [-0.2, 0) is 23.1 Å². The van der Waals surface area contributed by atoms with Crippen molar-refractivity contribution >= 4 is 11.7 Å². The number of aromatic nitrogens is 4. The number of likely N-dealkylation sites (tertiary alicyclic amines) is 1. The van der Waals surface area contributed by atoms with Crippen molar-refractivity contribution in [3.05, 3.63) is 66.1 Å². The van der Waals surface area contributed by atoms with Crippen LogP contribution >= 0.6 is 0 Å². The second kappa shape index (κ2) is 9.23. The standard InChI is InChI=1S/C22H28N6O2/c1-26-15-17(14-24-26)16-27-12-9-19(10-13-27)28-20(8-11-23-28)25-22(29)21(30-2)18-6-4-3-5-7-18/h3-8,11,14-15,19,21H,9-10,12-13,16H2,1-2H3,(H,25,29)/t21-/m0/s1. The quantitative estimate of drug-likeness (QED) is 0.651. The summed E-state index contributed by atoms with van der Waals surface area (Å²) in [6.45, 7) is 2.88. The number of nitrogens with zero attached hydrogens (tertiary/aromatic N) is 5. The SMILES string of the molecule is CO[C@H](C(=O)Nc1ccnn1C1CCN(Cc2cnn(C)c2)CC1)c1ccccc1. The van der Waals surface area contributed by atoms with Crippen molar-refractivity contribution in [3.63, 3.8) is 0 Å². The highest BCUT2D eigenvalue weighted by molar-refractivity contribution is 5.94. The number of amides is 1. The van der Waals surface area contributed by atoms with Crippen LogP contribution in [0, 0.1) is 0 Å². The summed E-state index contributed by atoms with van der Waals surface area (Å²) in [7, 11) is 3.49. The zero-order valence-electron chi connectivity index (χ0n) is 17.4. The summed E-state index contributed by atoms with van der Waals surface area (Å²) >= 11 is 0. The molecule has 2 aromatic heterocycles. The van der Waals surface area contributed by atoms with Gasteiger partial charge in [0.25, 0.3) is 5.91 Å². The maximum absolute atomic E-state index is 12.8. The molecule has 8 nitrogen and oxygen atoms in total. The first-order valence-electron chi connectivity index (χ1n) is 10.3. The Balaban J connectivity index is 1.37. The number of benzene rings is 1. The number of hydrogen-bond acceptors (Lipinski definition) is 5. The predicted molar refractivity (Wildman–Crippen MR) is 114 cm³/mol. The molecule has 0 spiro atoms. The third-order valence-electron chi connectivity index (χ3n) is 5.57. The zero-order valence-corrected chi connectivity index (χ0v) is 17.4. The maximum Gasteiger partial charge on any atom is 0.259 e. The lowest BCUT2D eigenvalue weighted by Gasteiger charge is -2.32. The molecule has 1 N–H and O–H groups in total. The number of aryl methyl sites for hydroxylation is 1. The molecule has 1 aliphatic heterocycles. The largest absolute Gasteiger partial charge is 0.367 e. The molecule has 0 unspecified atom stereocenters. The molecule has 8 heteroatoms. The number of carbonyl (C=O) groups is 1. The predicted octanol–water partition coefficient (Wildman–Crippen LogP) is 2.78. The molecule has 1 fully saturated rings. The molecule has 3 aromatic rings. The fourth-order valence-corrected chi connectivity index (χ4v) is 4.05. The first-order chi connectivity index (χ1) is 14.6. The van der Waals surface area contributed by atoms with Gasteiger partial charge in [-0.2, -0.15) is 10.2 Å². The van der Waals surface area contributed by atoms with Crippen molar-refractivity contribution < 1.29 is 9.53 Å². The van der Waals surface area contributed by atoms with Crippen LogP contribution in [0.3, 0.4) is 0 Å². The lowest BCUT2D eigenvalue weighted by Crippen LogP contribution is -2.35. The molecule has 0 aliphatic carbocycles. The first kappa shape index (κ1) is 20.3. The summed E-state index contributed by atoms with van der Waals surface area (Å²) in [4.78, 5) is 15.3. The van der Waals surface area contributed by atoms with E-state index in [1.807, 2.05) is 59.0 Å². The maximum atomic E-state index is 12.8. The van der Waals surface area contributed by atoms with Gasteiger partial charge in [-0.1, -0.05) is 30.3 Å². The van der Waals surface area contributed by atoms with E-state index in [0.717, 1.165) is 38.0 Å². The van der Waals surface area contributed by atoms with E-state index in [0.29, 0.717) is 5.82 Å². The van der Waals surface area contributed by atoms with Gasteiger partial charge in [0.2, 0.25) is 0 Å². The molecule has 1 aromatic carbocycles.